The van der Waals surface area contributed by atoms with E-state index < -0.39 is 6.04 Å². The smallest absolute Gasteiger partial charge is 0.250 e. The number of hydrogen-bond donors (Lipinski definition) is 2. The third-order valence-electron chi connectivity index (χ3n) is 3.23. The maximum atomic E-state index is 12.5. The molecule has 29 heavy (non-hydrogen) atoms. The number of amides is 1. The van der Waals surface area contributed by atoms with Gasteiger partial charge in [-0.1, -0.05) is 11.3 Å². The first kappa shape index (κ1) is 19.8. The molecule has 0 saturated heterocycles. The number of carbonyl (C=O) groups is 1. The van der Waals surface area contributed by atoms with Crippen molar-refractivity contribution in [2.75, 3.05) is 5.32 Å². The SMILES string of the molecule is NC(C(=O)Nc1ncc(Sc2ncccn2)s1)c1ncc(Sc2ncccn2)s1. The second-order valence-corrected chi connectivity index (χ2v) is 9.86. The molecule has 146 valence electrons. The minimum absolute atomic E-state index is 0.381. The quantitative estimate of drug-likeness (QED) is 0.396. The molecule has 0 saturated carbocycles. The normalized spacial score (nSPS) is 11.9. The lowest BCUT2D eigenvalue weighted by atomic mass is 10.3. The Labute approximate surface area is 181 Å². The summed E-state index contributed by atoms with van der Waals surface area (Å²) < 4.78 is 1.71. The molecule has 0 fully saturated rings. The molecule has 0 spiro atoms. The molecule has 9 nitrogen and oxygen atoms in total. The highest BCUT2D eigenvalue weighted by atomic mass is 32.2. The molecule has 4 aromatic rings. The van der Waals surface area contributed by atoms with E-state index in [9.17, 15) is 4.79 Å². The Morgan fingerprint density at radius 2 is 1.41 bits per heavy atom. The Balaban J connectivity index is 1.36. The first-order valence-corrected chi connectivity index (χ1v) is 11.3. The fraction of sp³-hybridized carbons (Fsp3) is 0.0625. The van der Waals surface area contributed by atoms with Gasteiger partial charge in [0.05, 0.1) is 20.8 Å². The van der Waals surface area contributed by atoms with E-state index in [0.717, 1.165) is 8.42 Å². The third-order valence-corrected chi connectivity index (χ3v) is 7.22. The number of nitrogens with two attached hydrogens (primary N) is 1. The lowest BCUT2D eigenvalue weighted by Crippen LogP contribution is -2.27. The molecule has 0 aliphatic heterocycles. The molecule has 4 rings (SSSR count). The fourth-order valence-electron chi connectivity index (χ4n) is 1.98. The Morgan fingerprint density at radius 1 is 0.862 bits per heavy atom. The Morgan fingerprint density at radius 3 is 2.03 bits per heavy atom. The number of nitrogens with one attached hydrogen (secondary N) is 1. The number of carbonyl (C=O) groups excluding carboxylic acids is 1. The largest absolute Gasteiger partial charge is 0.314 e. The number of aromatic nitrogens is 6. The summed E-state index contributed by atoms with van der Waals surface area (Å²) in [6.45, 7) is 0. The molecule has 1 unspecified atom stereocenters. The van der Waals surface area contributed by atoms with Gasteiger partial charge in [-0.25, -0.2) is 29.9 Å². The van der Waals surface area contributed by atoms with Crippen molar-refractivity contribution < 1.29 is 4.79 Å². The molecule has 3 N–H and O–H groups in total. The summed E-state index contributed by atoms with van der Waals surface area (Å²) in [5.41, 5.74) is 6.07. The van der Waals surface area contributed by atoms with E-state index in [4.69, 9.17) is 5.73 Å². The highest BCUT2D eigenvalue weighted by molar-refractivity contribution is 8.01. The van der Waals surface area contributed by atoms with Gasteiger partial charge in [0.2, 0.25) is 5.91 Å². The standard InChI is InChI=1S/C16H12N8OS4/c17-11(13-22-7-9(26-13)27-14-18-3-1-4-19-14)12(25)24-16-23-8-10(29-16)28-15-20-5-2-6-21-15/h1-8,11H,17H2,(H,23,24,25). The van der Waals surface area contributed by atoms with Gasteiger partial charge in [-0.2, -0.15) is 0 Å². The van der Waals surface area contributed by atoms with Crippen molar-refractivity contribution in [3.8, 4) is 0 Å². The van der Waals surface area contributed by atoms with Gasteiger partial charge in [0.15, 0.2) is 15.4 Å². The molecule has 1 amide bonds. The van der Waals surface area contributed by atoms with E-state index in [2.05, 4.69) is 35.2 Å². The lowest BCUT2D eigenvalue weighted by Gasteiger charge is -2.07. The average molecular weight is 461 g/mol. The summed E-state index contributed by atoms with van der Waals surface area (Å²) in [5.74, 6) is -0.381. The van der Waals surface area contributed by atoms with Gasteiger partial charge in [-0.3, -0.25) is 4.79 Å². The zero-order valence-electron chi connectivity index (χ0n) is 14.5. The van der Waals surface area contributed by atoms with Crippen LogP contribution in [0.4, 0.5) is 5.13 Å². The molecule has 4 heterocycles. The summed E-state index contributed by atoms with van der Waals surface area (Å²) in [6, 6.07) is 2.60. The van der Waals surface area contributed by atoms with E-state index in [-0.39, 0.29) is 5.91 Å². The van der Waals surface area contributed by atoms with Crippen molar-refractivity contribution in [3.63, 3.8) is 0 Å². The summed E-state index contributed by atoms with van der Waals surface area (Å²) in [4.78, 5) is 37.6. The highest BCUT2D eigenvalue weighted by Crippen LogP contribution is 2.33. The summed E-state index contributed by atoms with van der Waals surface area (Å²) in [7, 11) is 0. The van der Waals surface area contributed by atoms with Gasteiger partial charge in [-0.05, 0) is 35.7 Å². The van der Waals surface area contributed by atoms with Crippen molar-refractivity contribution >= 4 is 57.2 Å². The van der Waals surface area contributed by atoms with Crippen molar-refractivity contribution in [1.82, 2.24) is 29.9 Å². The minimum atomic E-state index is -0.900. The maximum Gasteiger partial charge on any atom is 0.250 e. The van der Waals surface area contributed by atoms with E-state index >= 15 is 0 Å². The van der Waals surface area contributed by atoms with Crippen molar-refractivity contribution in [2.24, 2.45) is 5.73 Å². The zero-order chi connectivity index (χ0) is 20.1. The molecule has 0 radical (unpaired) electrons. The van der Waals surface area contributed by atoms with Crippen LogP contribution in [0.25, 0.3) is 0 Å². The van der Waals surface area contributed by atoms with Gasteiger partial charge in [0.1, 0.15) is 11.0 Å². The molecule has 0 aliphatic carbocycles. The predicted molar refractivity (Wildman–Crippen MR) is 112 cm³/mol. The van der Waals surface area contributed by atoms with E-state index in [1.165, 1.54) is 46.2 Å². The lowest BCUT2D eigenvalue weighted by molar-refractivity contribution is -0.117. The summed E-state index contributed by atoms with van der Waals surface area (Å²) >= 11 is 5.39. The van der Waals surface area contributed by atoms with Crippen LogP contribution in [-0.4, -0.2) is 35.8 Å². The van der Waals surface area contributed by atoms with Crippen LogP contribution in [0.5, 0.6) is 0 Å². The second-order valence-electron chi connectivity index (χ2n) is 5.24. The van der Waals surface area contributed by atoms with E-state index in [1.807, 2.05) is 0 Å². The molecular weight excluding hydrogens is 448 g/mol. The van der Waals surface area contributed by atoms with Crippen molar-refractivity contribution in [1.29, 1.82) is 0 Å². The maximum absolute atomic E-state index is 12.5. The van der Waals surface area contributed by atoms with Gasteiger partial charge < -0.3 is 11.1 Å². The zero-order valence-corrected chi connectivity index (χ0v) is 17.8. The van der Waals surface area contributed by atoms with Gasteiger partial charge in [0.25, 0.3) is 0 Å². The molecule has 0 aliphatic rings. The van der Waals surface area contributed by atoms with Crippen molar-refractivity contribution in [2.45, 2.75) is 24.8 Å². The summed E-state index contributed by atoms with van der Waals surface area (Å²) in [5, 5.41) is 4.91. The van der Waals surface area contributed by atoms with E-state index in [1.54, 1.807) is 49.3 Å². The minimum Gasteiger partial charge on any atom is -0.314 e. The summed E-state index contributed by atoms with van der Waals surface area (Å²) in [6.07, 6.45) is 9.99. The number of anilines is 1. The number of thiazole rings is 2. The van der Waals surface area contributed by atoms with Gasteiger partial charge >= 0.3 is 0 Å². The highest BCUT2D eigenvalue weighted by Gasteiger charge is 2.21. The fourth-order valence-corrected chi connectivity index (χ4v) is 5.48. The van der Waals surface area contributed by atoms with Crippen LogP contribution in [0.2, 0.25) is 0 Å². The monoisotopic (exact) mass is 460 g/mol. The first-order chi connectivity index (χ1) is 14.2. The number of hydrogen-bond acceptors (Lipinski definition) is 12. The topological polar surface area (TPSA) is 132 Å². The second kappa shape index (κ2) is 9.37. The molecule has 0 aromatic carbocycles. The molecular formula is C16H12N8OS4. The van der Waals surface area contributed by atoms with Crippen LogP contribution in [-0.2, 0) is 4.79 Å². The number of rotatable bonds is 7. The van der Waals surface area contributed by atoms with Crippen LogP contribution in [0.15, 0.2) is 68.0 Å². The van der Waals surface area contributed by atoms with Crippen LogP contribution in [0, 0.1) is 0 Å². The first-order valence-electron chi connectivity index (χ1n) is 8.05. The molecule has 1 atom stereocenters. The Bertz CT molecular complexity index is 1090. The molecule has 13 heteroatoms. The Hall–Kier alpha value is -2.45. The van der Waals surface area contributed by atoms with Crippen LogP contribution in [0.3, 0.4) is 0 Å². The third kappa shape index (κ3) is 5.33. The van der Waals surface area contributed by atoms with Gasteiger partial charge in [-0.15, -0.1) is 11.3 Å². The van der Waals surface area contributed by atoms with Gasteiger partial charge in [0, 0.05) is 24.8 Å². The Kier molecular flexibility index (Phi) is 6.41. The average Bonchev–Trinajstić information content (AvgIpc) is 3.38. The molecule has 0 bridgehead atoms. The van der Waals surface area contributed by atoms with Crippen LogP contribution < -0.4 is 11.1 Å². The van der Waals surface area contributed by atoms with E-state index in [0.29, 0.717) is 20.5 Å². The number of nitrogens with zero attached hydrogens (tertiary/aromatic N) is 6. The van der Waals surface area contributed by atoms with Crippen LogP contribution in [0.1, 0.15) is 11.0 Å². The molecule has 4 aromatic heterocycles. The van der Waals surface area contributed by atoms with Crippen molar-refractivity contribution in [3.05, 3.63) is 54.3 Å². The van der Waals surface area contributed by atoms with Crippen LogP contribution >= 0.6 is 46.2 Å². The predicted octanol–water partition coefficient (Wildman–Crippen LogP) is 3.12.